The Morgan fingerprint density at radius 2 is 2.40 bits per heavy atom. The van der Waals surface area contributed by atoms with Crippen molar-refractivity contribution in [3.8, 4) is 0 Å². The Morgan fingerprint density at radius 1 is 1.53 bits per heavy atom. The van der Waals surface area contributed by atoms with Gasteiger partial charge in [-0.05, 0) is 36.7 Å². The van der Waals surface area contributed by atoms with Gasteiger partial charge in [0.25, 0.3) is 0 Å². The van der Waals surface area contributed by atoms with E-state index in [0.717, 1.165) is 31.1 Å². The van der Waals surface area contributed by atoms with Crippen LogP contribution in [-0.4, -0.2) is 19.6 Å². The molecule has 1 aromatic rings. The van der Waals surface area contributed by atoms with Gasteiger partial charge in [0, 0.05) is 17.6 Å². The lowest BCUT2D eigenvalue weighted by molar-refractivity contribution is 0.474. The van der Waals surface area contributed by atoms with Crippen molar-refractivity contribution < 1.29 is 0 Å². The molecular formula is C12H17ClN2. The van der Waals surface area contributed by atoms with Crippen LogP contribution >= 0.6 is 11.6 Å². The quantitative estimate of drug-likeness (QED) is 0.822. The first-order valence-electron chi connectivity index (χ1n) is 5.54. The molecule has 1 atom stereocenters. The molecule has 0 saturated heterocycles. The minimum Gasteiger partial charge on any atom is -0.315 e. The lowest BCUT2D eigenvalue weighted by Gasteiger charge is -2.28. The number of fused-ring (bicyclic) bond motifs is 1. The van der Waals surface area contributed by atoms with E-state index in [-0.39, 0.29) is 0 Å². The largest absolute Gasteiger partial charge is 0.315 e. The molecule has 0 aliphatic carbocycles. The van der Waals surface area contributed by atoms with Gasteiger partial charge in [-0.3, -0.25) is 0 Å². The molecule has 1 aliphatic heterocycles. The molecule has 2 rings (SSSR count). The molecule has 0 spiro atoms. The molecule has 1 aliphatic rings. The van der Waals surface area contributed by atoms with Gasteiger partial charge in [-0.15, -0.1) is 0 Å². The third kappa shape index (κ3) is 2.33. The van der Waals surface area contributed by atoms with E-state index in [0.29, 0.717) is 6.04 Å². The highest BCUT2D eigenvalue weighted by Gasteiger charge is 2.21. The Balaban J connectivity index is 2.24. The Labute approximate surface area is 96.0 Å². The molecule has 2 nitrogen and oxygen atoms in total. The Kier molecular flexibility index (Phi) is 3.62. The molecule has 0 bridgehead atoms. The Morgan fingerprint density at radius 3 is 3.20 bits per heavy atom. The zero-order chi connectivity index (χ0) is 10.7. The van der Waals surface area contributed by atoms with Crippen molar-refractivity contribution in [2.24, 2.45) is 0 Å². The third-order valence-corrected chi connectivity index (χ3v) is 3.20. The minimum absolute atomic E-state index is 0.363. The fraction of sp³-hybridized carbons (Fsp3) is 0.500. The van der Waals surface area contributed by atoms with E-state index in [2.05, 4.69) is 23.6 Å². The minimum atomic E-state index is 0.363. The van der Waals surface area contributed by atoms with E-state index in [1.165, 1.54) is 11.1 Å². The summed E-state index contributed by atoms with van der Waals surface area (Å²) >= 11 is 6.25. The summed E-state index contributed by atoms with van der Waals surface area (Å²) in [6.45, 7) is 5.12. The van der Waals surface area contributed by atoms with Gasteiger partial charge < -0.3 is 10.6 Å². The second-order valence-electron chi connectivity index (χ2n) is 3.88. The average Bonchev–Trinajstić information content (AvgIpc) is 2.26. The number of hydrogen-bond donors (Lipinski definition) is 2. The van der Waals surface area contributed by atoms with Gasteiger partial charge >= 0.3 is 0 Å². The van der Waals surface area contributed by atoms with Gasteiger partial charge in [0.1, 0.15) is 0 Å². The number of rotatable bonds is 3. The van der Waals surface area contributed by atoms with Gasteiger partial charge in [-0.2, -0.15) is 0 Å². The molecule has 0 fully saturated rings. The van der Waals surface area contributed by atoms with Crippen molar-refractivity contribution in [1.29, 1.82) is 0 Å². The zero-order valence-corrected chi connectivity index (χ0v) is 9.77. The van der Waals surface area contributed by atoms with Crippen LogP contribution in [0.4, 0.5) is 0 Å². The summed E-state index contributed by atoms with van der Waals surface area (Å²) in [6, 6.07) is 6.56. The van der Waals surface area contributed by atoms with Crippen LogP contribution in [0, 0.1) is 0 Å². The maximum atomic E-state index is 6.25. The maximum Gasteiger partial charge on any atom is 0.0464 e. The van der Waals surface area contributed by atoms with E-state index in [1.54, 1.807) is 0 Å². The summed E-state index contributed by atoms with van der Waals surface area (Å²) in [6.07, 6.45) is 1.08. The molecule has 3 heteroatoms. The molecule has 0 saturated carbocycles. The fourth-order valence-electron chi connectivity index (χ4n) is 2.14. The van der Waals surface area contributed by atoms with Gasteiger partial charge in [0.15, 0.2) is 0 Å². The lowest BCUT2D eigenvalue weighted by atomic mass is 9.94. The van der Waals surface area contributed by atoms with Crippen LogP contribution in [0.5, 0.6) is 0 Å². The van der Waals surface area contributed by atoms with Crippen molar-refractivity contribution in [2.45, 2.75) is 19.4 Å². The number of nitrogens with one attached hydrogen (secondary N) is 2. The molecule has 0 radical (unpaired) electrons. The number of hydrogen-bond acceptors (Lipinski definition) is 2. The summed E-state index contributed by atoms with van der Waals surface area (Å²) in [7, 11) is 0. The van der Waals surface area contributed by atoms with Crippen LogP contribution in [0.1, 0.15) is 24.1 Å². The Hall–Kier alpha value is -0.570. The standard InChI is InChI=1S/C12H17ClN2/c1-2-14-8-11-12-9(6-7-15-11)4-3-5-10(12)13/h3-5,11,14-15H,2,6-8H2,1H3. The third-order valence-electron chi connectivity index (χ3n) is 2.88. The predicted molar refractivity (Wildman–Crippen MR) is 64.4 cm³/mol. The molecule has 0 amide bonds. The van der Waals surface area contributed by atoms with E-state index in [1.807, 2.05) is 12.1 Å². The van der Waals surface area contributed by atoms with E-state index >= 15 is 0 Å². The van der Waals surface area contributed by atoms with Gasteiger partial charge in [0.2, 0.25) is 0 Å². The summed E-state index contributed by atoms with van der Waals surface area (Å²) in [5, 5.41) is 7.76. The van der Waals surface area contributed by atoms with Crippen molar-refractivity contribution in [2.75, 3.05) is 19.6 Å². The summed E-state index contributed by atoms with van der Waals surface area (Å²) < 4.78 is 0. The topological polar surface area (TPSA) is 24.1 Å². The van der Waals surface area contributed by atoms with E-state index < -0.39 is 0 Å². The zero-order valence-electron chi connectivity index (χ0n) is 9.02. The SMILES string of the molecule is CCNCC1NCCc2cccc(Cl)c21. The Bertz CT molecular complexity index is 338. The van der Waals surface area contributed by atoms with Crippen LogP contribution in [-0.2, 0) is 6.42 Å². The smallest absolute Gasteiger partial charge is 0.0464 e. The van der Waals surface area contributed by atoms with Crippen molar-refractivity contribution >= 4 is 11.6 Å². The average molecular weight is 225 g/mol. The van der Waals surface area contributed by atoms with Gasteiger partial charge in [-0.25, -0.2) is 0 Å². The number of halogens is 1. The summed E-state index contributed by atoms with van der Waals surface area (Å²) in [5.74, 6) is 0. The van der Waals surface area contributed by atoms with Crippen LogP contribution in [0.15, 0.2) is 18.2 Å². The van der Waals surface area contributed by atoms with Gasteiger partial charge in [0.05, 0.1) is 0 Å². The molecule has 1 heterocycles. The number of likely N-dealkylation sites (N-methyl/N-ethyl adjacent to an activating group) is 1. The molecular weight excluding hydrogens is 208 g/mol. The highest BCUT2D eigenvalue weighted by Crippen LogP contribution is 2.29. The van der Waals surface area contributed by atoms with E-state index in [9.17, 15) is 0 Å². The number of benzene rings is 1. The lowest BCUT2D eigenvalue weighted by Crippen LogP contribution is -2.37. The van der Waals surface area contributed by atoms with E-state index in [4.69, 9.17) is 11.6 Å². The molecule has 82 valence electrons. The maximum absolute atomic E-state index is 6.25. The van der Waals surface area contributed by atoms with Crippen LogP contribution in [0.2, 0.25) is 5.02 Å². The second-order valence-corrected chi connectivity index (χ2v) is 4.28. The first kappa shape index (κ1) is 10.9. The first-order valence-corrected chi connectivity index (χ1v) is 5.92. The predicted octanol–water partition coefficient (Wildman–Crippen LogP) is 2.14. The van der Waals surface area contributed by atoms with Crippen molar-refractivity contribution in [3.05, 3.63) is 34.3 Å². The van der Waals surface area contributed by atoms with Crippen LogP contribution < -0.4 is 10.6 Å². The first-order chi connectivity index (χ1) is 7.33. The highest BCUT2D eigenvalue weighted by atomic mass is 35.5. The van der Waals surface area contributed by atoms with Gasteiger partial charge in [-0.1, -0.05) is 30.7 Å². The van der Waals surface area contributed by atoms with Crippen molar-refractivity contribution in [3.63, 3.8) is 0 Å². The fourth-order valence-corrected chi connectivity index (χ4v) is 2.46. The van der Waals surface area contributed by atoms with Crippen molar-refractivity contribution in [1.82, 2.24) is 10.6 Å². The molecule has 0 aromatic heterocycles. The highest BCUT2D eigenvalue weighted by molar-refractivity contribution is 6.31. The summed E-state index contributed by atoms with van der Waals surface area (Å²) in [4.78, 5) is 0. The second kappa shape index (κ2) is 4.97. The normalized spacial score (nSPS) is 20.0. The van der Waals surface area contributed by atoms with Crippen LogP contribution in [0.25, 0.3) is 0 Å². The molecule has 1 unspecified atom stereocenters. The molecule has 15 heavy (non-hydrogen) atoms. The van der Waals surface area contributed by atoms with Crippen LogP contribution in [0.3, 0.4) is 0 Å². The molecule has 1 aromatic carbocycles. The summed E-state index contributed by atoms with van der Waals surface area (Å²) in [5.41, 5.74) is 2.68. The molecule has 2 N–H and O–H groups in total. The monoisotopic (exact) mass is 224 g/mol.